The summed E-state index contributed by atoms with van der Waals surface area (Å²) >= 11 is 0. The summed E-state index contributed by atoms with van der Waals surface area (Å²) in [5.74, 6) is -1.38. The predicted molar refractivity (Wildman–Crippen MR) is 93.4 cm³/mol. The van der Waals surface area contributed by atoms with Gasteiger partial charge in [0.1, 0.15) is 0 Å². The van der Waals surface area contributed by atoms with Crippen LogP contribution < -0.4 is 22.9 Å². The maximum atomic E-state index is 11.2. The van der Waals surface area contributed by atoms with Crippen molar-refractivity contribution in [3.8, 4) is 0 Å². The first-order valence-electron chi connectivity index (χ1n) is 6.96. The molecule has 0 heterocycles. The summed E-state index contributed by atoms with van der Waals surface area (Å²) in [4.78, 5) is 21.6. The number of hydrogen-bond donors (Lipinski definition) is 5. The van der Waals surface area contributed by atoms with E-state index in [1.54, 1.807) is 19.1 Å². The van der Waals surface area contributed by atoms with Crippen LogP contribution in [0.15, 0.2) is 36.4 Å². The molecule has 0 atom stereocenters. The van der Waals surface area contributed by atoms with Gasteiger partial charge < -0.3 is 32.8 Å². The van der Waals surface area contributed by atoms with Crippen molar-refractivity contribution in [1.82, 2.24) is 0 Å². The molecule has 2 aromatic carbocycles. The first-order valence-corrected chi connectivity index (χ1v) is 6.96. The lowest BCUT2D eigenvalue weighted by Crippen LogP contribution is -2.06. The number of nitrogens with two attached hydrogens (primary N) is 4. The van der Waals surface area contributed by atoms with Gasteiger partial charge in [-0.25, -0.2) is 9.59 Å². The van der Waals surface area contributed by atoms with E-state index in [-0.39, 0.29) is 11.5 Å². The minimum atomic E-state index is -1.00. The number of nitrogen functional groups attached to an aromatic ring is 4. The van der Waals surface area contributed by atoms with Crippen molar-refractivity contribution in [2.24, 2.45) is 0 Å². The van der Waals surface area contributed by atoms with Crippen LogP contribution in [0.5, 0.6) is 0 Å². The number of carboxylic acids is 1. The van der Waals surface area contributed by atoms with Gasteiger partial charge in [0, 0.05) is 0 Å². The number of rotatable bonds is 3. The normalized spacial score (nSPS) is 9.54. The average molecular weight is 332 g/mol. The minimum Gasteiger partial charge on any atom is -0.478 e. The Bertz CT molecular complexity index is 747. The van der Waals surface area contributed by atoms with Crippen molar-refractivity contribution in [1.29, 1.82) is 0 Å². The van der Waals surface area contributed by atoms with Gasteiger partial charge in [-0.3, -0.25) is 0 Å². The second kappa shape index (κ2) is 8.28. The van der Waals surface area contributed by atoms with Gasteiger partial charge in [-0.1, -0.05) is 0 Å². The Morgan fingerprint density at radius 2 is 1.33 bits per heavy atom. The van der Waals surface area contributed by atoms with Crippen LogP contribution >= 0.6 is 0 Å². The number of aromatic carboxylic acids is 1. The Balaban J connectivity index is 0.000000243. The van der Waals surface area contributed by atoms with E-state index < -0.39 is 5.97 Å². The summed E-state index contributed by atoms with van der Waals surface area (Å²) < 4.78 is 4.79. The zero-order valence-corrected chi connectivity index (χ0v) is 13.2. The van der Waals surface area contributed by atoms with E-state index in [9.17, 15) is 9.59 Å². The third-order valence-electron chi connectivity index (χ3n) is 2.93. The standard InChI is InChI=1S/C9H12N2O2.C7H8N2O2/c1-2-13-9(12)6-3-4-7(10)8(11)5-6;8-5-2-1-4(7(10)11)3-6(5)9/h3-5H,2,10-11H2,1H3;1-3H,8-9H2,(H,10,11). The Morgan fingerprint density at radius 3 is 1.75 bits per heavy atom. The average Bonchev–Trinajstić information content (AvgIpc) is 2.53. The number of carbonyl (C=O) groups excluding carboxylic acids is 1. The highest BCUT2D eigenvalue weighted by molar-refractivity contribution is 5.91. The molecular weight excluding hydrogens is 312 g/mol. The lowest BCUT2D eigenvalue weighted by molar-refractivity contribution is 0.0526. The van der Waals surface area contributed by atoms with E-state index in [0.717, 1.165) is 0 Å². The summed E-state index contributed by atoms with van der Waals surface area (Å²) in [5, 5.41) is 8.50. The molecule has 0 aliphatic heterocycles. The molecule has 2 aromatic rings. The first-order chi connectivity index (χ1) is 11.3. The van der Waals surface area contributed by atoms with Crippen LogP contribution in [-0.4, -0.2) is 23.7 Å². The fourth-order valence-corrected chi connectivity index (χ4v) is 1.62. The van der Waals surface area contributed by atoms with Crippen LogP contribution in [0.25, 0.3) is 0 Å². The van der Waals surface area contributed by atoms with Gasteiger partial charge >= 0.3 is 11.9 Å². The Morgan fingerprint density at radius 1 is 0.875 bits per heavy atom. The number of benzene rings is 2. The zero-order chi connectivity index (χ0) is 18.3. The number of esters is 1. The summed E-state index contributed by atoms with van der Waals surface area (Å²) in [5.41, 5.74) is 23.9. The molecule has 0 aliphatic rings. The third kappa shape index (κ3) is 5.09. The van der Waals surface area contributed by atoms with Crippen LogP contribution in [0.2, 0.25) is 0 Å². The number of carbonyl (C=O) groups is 2. The van der Waals surface area contributed by atoms with E-state index in [0.29, 0.717) is 34.9 Å². The highest BCUT2D eigenvalue weighted by atomic mass is 16.5. The number of carboxylic acid groups (broad SMARTS) is 1. The molecule has 0 aromatic heterocycles. The summed E-state index contributed by atoms with van der Waals surface area (Å²) in [6, 6.07) is 8.89. The van der Waals surface area contributed by atoms with Crippen molar-refractivity contribution in [2.75, 3.05) is 29.5 Å². The van der Waals surface area contributed by atoms with Crippen LogP contribution in [-0.2, 0) is 4.74 Å². The Labute approximate surface area is 139 Å². The number of ether oxygens (including phenoxy) is 1. The molecule has 8 heteroatoms. The second-order valence-corrected chi connectivity index (χ2v) is 4.71. The van der Waals surface area contributed by atoms with E-state index in [1.165, 1.54) is 24.3 Å². The predicted octanol–water partition coefficient (Wildman–Crippen LogP) is 1.58. The highest BCUT2D eigenvalue weighted by Gasteiger charge is 2.07. The van der Waals surface area contributed by atoms with Gasteiger partial charge in [0.15, 0.2) is 0 Å². The molecule has 9 N–H and O–H groups in total. The molecule has 24 heavy (non-hydrogen) atoms. The Hall–Kier alpha value is -3.42. The highest BCUT2D eigenvalue weighted by Crippen LogP contribution is 2.16. The lowest BCUT2D eigenvalue weighted by atomic mass is 10.2. The SMILES string of the molecule is CCOC(=O)c1ccc(N)c(N)c1.Nc1ccc(C(=O)O)cc1N. The van der Waals surface area contributed by atoms with Crippen LogP contribution in [0.3, 0.4) is 0 Å². The van der Waals surface area contributed by atoms with Gasteiger partial charge in [-0.2, -0.15) is 0 Å². The van der Waals surface area contributed by atoms with Gasteiger partial charge in [-0.05, 0) is 43.3 Å². The molecule has 0 bridgehead atoms. The van der Waals surface area contributed by atoms with E-state index in [4.69, 9.17) is 32.8 Å². The van der Waals surface area contributed by atoms with Gasteiger partial charge in [0.25, 0.3) is 0 Å². The molecular formula is C16H20N4O4. The van der Waals surface area contributed by atoms with Crippen LogP contribution in [0, 0.1) is 0 Å². The van der Waals surface area contributed by atoms with Gasteiger partial charge in [-0.15, -0.1) is 0 Å². The summed E-state index contributed by atoms with van der Waals surface area (Å²) in [7, 11) is 0. The quantitative estimate of drug-likeness (QED) is 0.417. The lowest BCUT2D eigenvalue weighted by Gasteiger charge is -2.03. The molecule has 0 saturated heterocycles. The summed E-state index contributed by atoms with van der Waals surface area (Å²) in [6.07, 6.45) is 0. The molecule has 0 aliphatic carbocycles. The molecule has 8 nitrogen and oxygen atoms in total. The van der Waals surface area contributed by atoms with Crippen molar-refractivity contribution in [2.45, 2.75) is 6.92 Å². The second-order valence-electron chi connectivity index (χ2n) is 4.71. The van der Waals surface area contributed by atoms with Crippen molar-refractivity contribution < 1.29 is 19.4 Å². The maximum Gasteiger partial charge on any atom is 0.338 e. The van der Waals surface area contributed by atoms with Crippen LogP contribution in [0.1, 0.15) is 27.6 Å². The van der Waals surface area contributed by atoms with E-state index in [1.807, 2.05) is 0 Å². The molecule has 0 unspecified atom stereocenters. The van der Waals surface area contributed by atoms with Gasteiger partial charge in [0.2, 0.25) is 0 Å². The van der Waals surface area contributed by atoms with E-state index in [2.05, 4.69) is 0 Å². The van der Waals surface area contributed by atoms with Gasteiger partial charge in [0.05, 0.1) is 40.5 Å². The first kappa shape index (κ1) is 18.6. The number of hydrogen-bond acceptors (Lipinski definition) is 7. The molecule has 2 rings (SSSR count). The molecule has 0 spiro atoms. The molecule has 0 fully saturated rings. The summed E-state index contributed by atoms with van der Waals surface area (Å²) in [6.45, 7) is 2.10. The molecule has 128 valence electrons. The monoisotopic (exact) mass is 332 g/mol. The fourth-order valence-electron chi connectivity index (χ4n) is 1.62. The van der Waals surface area contributed by atoms with Crippen molar-refractivity contribution in [3.05, 3.63) is 47.5 Å². The fraction of sp³-hybridized carbons (Fsp3) is 0.125. The van der Waals surface area contributed by atoms with E-state index >= 15 is 0 Å². The molecule has 0 saturated carbocycles. The van der Waals surface area contributed by atoms with Crippen molar-refractivity contribution >= 4 is 34.7 Å². The smallest absolute Gasteiger partial charge is 0.338 e. The molecule has 0 amide bonds. The largest absolute Gasteiger partial charge is 0.478 e. The maximum absolute atomic E-state index is 11.2. The molecule has 0 radical (unpaired) electrons. The minimum absolute atomic E-state index is 0.150. The topological polar surface area (TPSA) is 168 Å². The Kier molecular flexibility index (Phi) is 6.42. The van der Waals surface area contributed by atoms with Crippen LogP contribution in [0.4, 0.5) is 22.7 Å². The van der Waals surface area contributed by atoms with Crippen molar-refractivity contribution in [3.63, 3.8) is 0 Å². The third-order valence-corrected chi connectivity index (χ3v) is 2.93. The number of anilines is 4. The zero-order valence-electron chi connectivity index (χ0n) is 13.2.